The van der Waals surface area contributed by atoms with Gasteiger partial charge in [-0.3, -0.25) is 9.88 Å². The Morgan fingerprint density at radius 1 is 1.50 bits per heavy atom. The molecule has 3 N–H and O–H groups in total. The molecule has 1 fully saturated rings. The predicted molar refractivity (Wildman–Crippen MR) is 70.6 cm³/mol. The molecule has 5 heteroatoms. The summed E-state index contributed by atoms with van der Waals surface area (Å²) in [6.45, 7) is 1.87. The number of aromatic nitrogens is 1. The first kappa shape index (κ1) is 12.8. The van der Waals surface area contributed by atoms with E-state index >= 15 is 0 Å². The summed E-state index contributed by atoms with van der Waals surface area (Å²) in [7, 11) is 0. The van der Waals surface area contributed by atoms with Crippen LogP contribution in [0.15, 0.2) is 29.7 Å². The van der Waals surface area contributed by atoms with Crippen molar-refractivity contribution in [2.45, 2.75) is 31.7 Å². The molecule has 5 nitrogen and oxygen atoms in total. The molecule has 0 spiro atoms. The molecule has 0 atom stereocenters. The molecule has 1 aromatic rings. The summed E-state index contributed by atoms with van der Waals surface area (Å²) in [6, 6.07) is 4.75. The Morgan fingerprint density at radius 3 is 2.94 bits per heavy atom. The first-order chi connectivity index (χ1) is 8.79. The fraction of sp³-hybridized carbons (Fsp3) is 0.538. The van der Waals surface area contributed by atoms with Crippen LogP contribution >= 0.6 is 0 Å². The molecule has 1 aromatic heterocycles. The Bertz CT molecular complexity index is 389. The number of amidine groups is 1. The van der Waals surface area contributed by atoms with Crippen LogP contribution in [0.1, 0.15) is 24.8 Å². The summed E-state index contributed by atoms with van der Waals surface area (Å²) in [5.41, 5.74) is 6.77. The van der Waals surface area contributed by atoms with E-state index in [1.807, 2.05) is 12.3 Å². The third-order valence-corrected chi connectivity index (χ3v) is 3.26. The first-order valence-electron chi connectivity index (χ1n) is 6.39. The van der Waals surface area contributed by atoms with Crippen LogP contribution < -0.4 is 5.73 Å². The van der Waals surface area contributed by atoms with Crippen molar-refractivity contribution in [1.29, 1.82) is 0 Å². The first-order valence-corrected chi connectivity index (χ1v) is 6.39. The van der Waals surface area contributed by atoms with Crippen LogP contribution in [0.4, 0.5) is 0 Å². The van der Waals surface area contributed by atoms with E-state index in [9.17, 15) is 0 Å². The van der Waals surface area contributed by atoms with Gasteiger partial charge >= 0.3 is 0 Å². The van der Waals surface area contributed by atoms with Crippen LogP contribution in [0.25, 0.3) is 0 Å². The van der Waals surface area contributed by atoms with E-state index in [2.05, 4.69) is 21.1 Å². The molecule has 0 aromatic carbocycles. The van der Waals surface area contributed by atoms with Gasteiger partial charge in [-0.1, -0.05) is 11.2 Å². The van der Waals surface area contributed by atoms with Crippen molar-refractivity contribution in [3.63, 3.8) is 0 Å². The second-order valence-corrected chi connectivity index (χ2v) is 4.72. The van der Waals surface area contributed by atoms with Crippen molar-refractivity contribution >= 4 is 5.84 Å². The number of pyridine rings is 1. The van der Waals surface area contributed by atoms with E-state index in [-0.39, 0.29) is 0 Å². The number of hydrogen-bond donors (Lipinski definition) is 2. The highest BCUT2D eigenvalue weighted by Gasteiger charge is 2.28. The lowest BCUT2D eigenvalue weighted by molar-refractivity contribution is 0.271. The Hall–Kier alpha value is -1.62. The highest BCUT2D eigenvalue weighted by atomic mass is 16.4. The molecule has 0 saturated heterocycles. The van der Waals surface area contributed by atoms with Crippen LogP contribution in [0, 0.1) is 0 Å². The van der Waals surface area contributed by atoms with Crippen LogP contribution in [0.3, 0.4) is 0 Å². The van der Waals surface area contributed by atoms with Crippen molar-refractivity contribution in [2.24, 2.45) is 10.9 Å². The van der Waals surface area contributed by atoms with Gasteiger partial charge in [-0.05, 0) is 30.9 Å². The van der Waals surface area contributed by atoms with Gasteiger partial charge < -0.3 is 10.9 Å². The van der Waals surface area contributed by atoms with Gasteiger partial charge in [0.15, 0.2) is 0 Å². The zero-order valence-electron chi connectivity index (χ0n) is 10.5. The fourth-order valence-corrected chi connectivity index (χ4v) is 2.04. The van der Waals surface area contributed by atoms with Gasteiger partial charge in [0.2, 0.25) is 0 Å². The molecule has 1 heterocycles. The van der Waals surface area contributed by atoms with E-state index in [1.54, 1.807) is 6.20 Å². The zero-order valence-corrected chi connectivity index (χ0v) is 10.5. The van der Waals surface area contributed by atoms with Crippen molar-refractivity contribution < 1.29 is 5.21 Å². The van der Waals surface area contributed by atoms with Crippen LogP contribution in [0.2, 0.25) is 0 Å². The van der Waals surface area contributed by atoms with Crippen LogP contribution in [0.5, 0.6) is 0 Å². The standard InChI is InChI=1S/C13H20N4O/c14-13(16-18)6-9-17(12-3-4-12)8-5-11-2-1-7-15-10-11/h1-2,7,10,12,18H,3-6,8-9H2,(H2,14,16). The van der Waals surface area contributed by atoms with Gasteiger partial charge in [-0.15, -0.1) is 0 Å². The number of rotatable bonds is 7. The second-order valence-electron chi connectivity index (χ2n) is 4.72. The summed E-state index contributed by atoms with van der Waals surface area (Å²) in [6.07, 6.45) is 7.86. The van der Waals surface area contributed by atoms with E-state index < -0.39 is 0 Å². The highest BCUT2D eigenvalue weighted by Crippen LogP contribution is 2.26. The topological polar surface area (TPSA) is 74.7 Å². The Balaban J connectivity index is 1.80. The van der Waals surface area contributed by atoms with E-state index in [4.69, 9.17) is 10.9 Å². The molecule has 0 radical (unpaired) electrons. The monoisotopic (exact) mass is 248 g/mol. The lowest BCUT2D eigenvalue weighted by atomic mass is 10.2. The Morgan fingerprint density at radius 2 is 2.33 bits per heavy atom. The molecule has 0 bridgehead atoms. The molecule has 0 aliphatic heterocycles. The normalized spacial score (nSPS) is 16.2. The minimum Gasteiger partial charge on any atom is -0.409 e. The van der Waals surface area contributed by atoms with Gasteiger partial charge in [0.05, 0.1) is 0 Å². The molecule has 18 heavy (non-hydrogen) atoms. The van der Waals surface area contributed by atoms with Gasteiger partial charge in [0, 0.05) is 37.9 Å². The molecule has 1 saturated carbocycles. The molecule has 0 amide bonds. The highest BCUT2D eigenvalue weighted by molar-refractivity contribution is 5.79. The van der Waals surface area contributed by atoms with Gasteiger partial charge in [0.25, 0.3) is 0 Å². The van der Waals surface area contributed by atoms with Crippen molar-refractivity contribution in [1.82, 2.24) is 9.88 Å². The minimum atomic E-state index is 0.307. The summed E-state index contributed by atoms with van der Waals surface area (Å²) in [5.74, 6) is 0.307. The Labute approximate surface area is 107 Å². The summed E-state index contributed by atoms with van der Waals surface area (Å²) in [4.78, 5) is 6.54. The van der Waals surface area contributed by atoms with Gasteiger partial charge in [0.1, 0.15) is 5.84 Å². The fourth-order valence-electron chi connectivity index (χ4n) is 2.04. The number of nitrogens with two attached hydrogens (primary N) is 1. The SMILES string of the molecule is NC(CCN(CCc1cccnc1)C1CC1)=NO. The molecular formula is C13H20N4O. The quantitative estimate of drug-likeness (QED) is 0.329. The Kier molecular flexibility index (Phi) is 4.52. The summed E-state index contributed by atoms with van der Waals surface area (Å²) in [5, 5.41) is 11.6. The maximum atomic E-state index is 8.55. The molecule has 1 aliphatic carbocycles. The number of nitrogens with zero attached hydrogens (tertiary/aromatic N) is 3. The van der Waals surface area contributed by atoms with E-state index in [1.165, 1.54) is 18.4 Å². The smallest absolute Gasteiger partial charge is 0.140 e. The largest absolute Gasteiger partial charge is 0.409 e. The van der Waals surface area contributed by atoms with Crippen molar-refractivity contribution in [3.05, 3.63) is 30.1 Å². The third-order valence-electron chi connectivity index (χ3n) is 3.26. The second kappa shape index (κ2) is 6.35. The predicted octanol–water partition coefficient (Wildman–Crippen LogP) is 1.22. The lowest BCUT2D eigenvalue weighted by Gasteiger charge is -2.21. The lowest BCUT2D eigenvalue weighted by Crippen LogP contribution is -2.32. The number of hydrogen-bond acceptors (Lipinski definition) is 4. The molecule has 98 valence electrons. The van der Waals surface area contributed by atoms with Gasteiger partial charge in [-0.2, -0.15) is 0 Å². The van der Waals surface area contributed by atoms with E-state index in [0.717, 1.165) is 19.5 Å². The molecule has 2 rings (SSSR count). The van der Waals surface area contributed by atoms with E-state index in [0.29, 0.717) is 18.3 Å². The molecular weight excluding hydrogens is 228 g/mol. The van der Waals surface area contributed by atoms with Crippen molar-refractivity contribution in [2.75, 3.05) is 13.1 Å². The maximum absolute atomic E-state index is 8.55. The average molecular weight is 248 g/mol. The number of oxime groups is 1. The molecule has 0 unspecified atom stereocenters. The average Bonchev–Trinajstić information content (AvgIpc) is 3.24. The maximum Gasteiger partial charge on any atom is 0.140 e. The summed E-state index contributed by atoms with van der Waals surface area (Å²) < 4.78 is 0. The van der Waals surface area contributed by atoms with Crippen LogP contribution in [-0.4, -0.2) is 40.1 Å². The van der Waals surface area contributed by atoms with Gasteiger partial charge in [-0.25, -0.2) is 0 Å². The minimum absolute atomic E-state index is 0.307. The van der Waals surface area contributed by atoms with Crippen molar-refractivity contribution in [3.8, 4) is 0 Å². The third kappa shape index (κ3) is 4.00. The zero-order chi connectivity index (χ0) is 12.8. The molecule has 1 aliphatic rings. The summed E-state index contributed by atoms with van der Waals surface area (Å²) >= 11 is 0. The van der Waals surface area contributed by atoms with Crippen LogP contribution in [-0.2, 0) is 6.42 Å².